The molecule has 0 radical (unpaired) electrons. The van der Waals surface area contributed by atoms with E-state index in [4.69, 9.17) is 10.6 Å². The number of rotatable bonds is 7. The fourth-order valence-electron chi connectivity index (χ4n) is 0.650. The van der Waals surface area contributed by atoms with E-state index in [1.165, 1.54) is 19.3 Å². The Morgan fingerprint density at radius 2 is 2.20 bits per heavy atom. The van der Waals surface area contributed by atoms with Crippen LogP contribution < -0.4 is 11.2 Å². The van der Waals surface area contributed by atoms with E-state index < -0.39 is 0 Å². The predicted molar refractivity (Wildman–Crippen MR) is 42.5 cm³/mol. The van der Waals surface area contributed by atoms with Crippen molar-refractivity contribution in [1.82, 2.24) is 5.48 Å². The molecule has 0 fully saturated rings. The van der Waals surface area contributed by atoms with Crippen molar-refractivity contribution in [2.75, 3.05) is 19.7 Å². The Kier molecular flexibility index (Phi) is 8.77. The zero-order chi connectivity index (χ0) is 7.66. The minimum absolute atomic E-state index is 0.584. The van der Waals surface area contributed by atoms with Gasteiger partial charge in [-0.15, -0.1) is 0 Å². The van der Waals surface area contributed by atoms with Gasteiger partial charge in [-0.1, -0.05) is 19.8 Å². The Morgan fingerprint density at radius 3 is 2.80 bits per heavy atom. The van der Waals surface area contributed by atoms with Crippen molar-refractivity contribution in [2.24, 2.45) is 5.73 Å². The van der Waals surface area contributed by atoms with E-state index in [2.05, 4.69) is 12.4 Å². The fraction of sp³-hybridized carbons (Fsp3) is 1.00. The second kappa shape index (κ2) is 8.88. The summed E-state index contributed by atoms with van der Waals surface area (Å²) >= 11 is 0. The van der Waals surface area contributed by atoms with Crippen molar-refractivity contribution in [3.05, 3.63) is 0 Å². The predicted octanol–water partition coefficient (Wildman–Crippen LogP) is 0.657. The molecule has 62 valence electrons. The van der Waals surface area contributed by atoms with Crippen LogP contribution in [0.2, 0.25) is 0 Å². The van der Waals surface area contributed by atoms with Gasteiger partial charge in [0.15, 0.2) is 0 Å². The molecule has 0 aliphatic carbocycles. The van der Waals surface area contributed by atoms with Crippen LogP contribution in [0.15, 0.2) is 0 Å². The van der Waals surface area contributed by atoms with Crippen LogP contribution in [0.1, 0.15) is 26.2 Å². The van der Waals surface area contributed by atoms with E-state index in [9.17, 15) is 0 Å². The molecule has 0 atom stereocenters. The Labute approximate surface area is 62.9 Å². The number of nitrogens with two attached hydrogens (primary N) is 1. The topological polar surface area (TPSA) is 47.3 Å². The molecule has 0 aliphatic rings. The minimum Gasteiger partial charge on any atom is -0.328 e. The molecule has 0 saturated heterocycles. The molecule has 0 heterocycles. The molecule has 0 aromatic carbocycles. The number of hydrogen-bond acceptors (Lipinski definition) is 3. The number of hydrogen-bond donors (Lipinski definition) is 2. The maximum Gasteiger partial charge on any atom is 0.0804 e. The maximum atomic E-state index is 5.20. The van der Waals surface area contributed by atoms with E-state index in [-0.39, 0.29) is 0 Å². The van der Waals surface area contributed by atoms with Crippen molar-refractivity contribution in [2.45, 2.75) is 26.2 Å². The normalized spacial score (nSPS) is 10.2. The third kappa shape index (κ3) is 7.88. The highest BCUT2D eigenvalue weighted by atomic mass is 16.6. The van der Waals surface area contributed by atoms with Crippen molar-refractivity contribution in [1.29, 1.82) is 0 Å². The summed E-state index contributed by atoms with van der Waals surface area (Å²) in [6.07, 6.45) is 3.69. The van der Waals surface area contributed by atoms with Gasteiger partial charge in [0.05, 0.1) is 6.61 Å². The summed E-state index contributed by atoms with van der Waals surface area (Å²) in [5.74, 6) is 0. The van der Waals surface area contributed by atoms with Crippen molar-refractivity contribution >= 4 is 0 Å². The average Bonchev–Trinajstić information content (AvgIpc) is 1.97. The second-order valence-corrected chi connectivity index (χ2v) is 2.24. The highest BCUT2D eigenvalue weighted by Crippen LogP contribution is 1.90. The van der Waals surface area contributed by atoms with E-state index >= 15 is 0 Å². The van der Waals surface area contributed by atoms with Gasteiger partial charge in [0, 0.05) is 13.1 Å². The zero-order valence-corrected chi connectivity index (χ0v) is 6.73. The summed E-state index contributed by atoms with van der Waals surface area (Å²) in [6, 6.07) is 0. The molecule has 0 rings (SSSR count). The first kappa shape index (κ1) is 9.88. The number of unbranched alkanes of at least 4 members (excludes halogenated alkanes) is 2. The van der Waals surface area contributed by atoms with Gasteiger partial charge in [-0.05, 0) is 6.42 Å². The lowest BCUT2D eigenvalue weighted by molar-refractivity contribution is 0.0460. The summed E-state index contributed by atoms with van der Waals surface area (Å²) in [5.41, 5.74) is 8.05. The first-order valence-electron chi connectivity index (χ1n) is 3.96. The Hall–Kier alpha value is -0.120. The molecule has 3 N–H and O–H groups in total. The quantitative estimate of drug-likeness (QED) is 0.409. The highest BCUT2D eigenvalue weighted by molar-refractivity contribution is 4.38. The van der Waals surface area contributed by atoms with Crippen molar-refractivity contribution in [3.63, 3.8) is 0 Å². The van der Waals surface area contributed by atoms with E-state index in [1.807, 2.05) is 0 Å². The van der Waals surface area contributed by atoms with Crippen LogP contribution in [0.5, 0.6) is 0 Å². The van der Waals surface area contributed by atoms with Crippen LogP contribution in [0.3, 0.4) is 0 Å². The minimum atomic E-state index is 0.584. The Balaban J connectivity index is 2.65. The third-order valence-corrected chi connectivity index (χ3v) is 1.20. The third-order valence-electron chi connectivity index (χ3n) is 1.20. The van der Waals surface area contributed by atoms with Crippen LogP contribution in [0.4, 0.5) is 0 Å². The van der Waals surface area contributed by atoms with Crippen LogP contribution in [0, 0.1) is 0 Å². The Morgan fingerprint density at radius 1 is 1.40 bits per heavy atom. The molecular weight excluding hydrogens is 128 g/mol. The van der Waals surface area contributed by atoms with Gasteiger partial charge in [-0.25, -0.2) is 5.48 Å². The summed E-state index contributed by atoms with van der Waals surface area (Å²) in [5, 5.41) is 0. The summed E-state index contributed by atoms with van der Waals surface area (Å²) < 4.78 is 0. The van der Waals surface area contributed by atoms with Gasteiger partial charge in [0.1, 0.15) is 0 Å². The summed E-state index contributed by atoms with van der Waals surface area (Å²) in [7, 11) is 0. The number of hydroxylamine groups is 1. The Bertz CT molecular complexity index is 51.6. The maximum absolute atomic E-state index is 5.20. The fourth-order valence-corrected chi connectivity index (χ4v) is 0.650. The van der Waals surface area contributed by atoms with E-state index in [0.717, 1.165) is 6.54 Å². The summed E-state index contributed by atoms with van der Waals surface area (Å²) in [4.78, 5) is 4.95. The molecule has 0 aliphatic heterocycles. The molecule has 0 bridgehead atoms. The van der Waals surface area contributed by atoms with E-state index in [0.29, 0.717) is 13.2 Å². The first-order valence-corrected chi connectivity index (χ1v) is 3.96. The van der Waals surface area contributed by atoms with Gasteiger partial charge in [-0.2, -0.15) is 0 Å². The van der Waals surface area contributed by atoms with Gasteiger partial charge >= 0.3 is 0 Å². The molecule has 0 aromatic heterocycles. The molecule has 10 heavy (non-hydrogen) atoms. The van der Waals surface area contributed by atoms with Crippen LogP contribution in [0.25, 0.3) is 0 Å². The standard InChI is InChI=1S/C7H18N2O/c1-2-3-4-6-9-10-7-5-8/h9H,2-8H2,1H3. The molecule has 0 unspecified atom stereocenters. The molecule has 3 heteroatoms. The van der Waals surface area contributed by atoms with Crippen molar-refractivity contribution in [3.8, 4) is 0 Å². The van der Waals surface area contributed by atoms with Gasteiger partial charge < -0.3 is 10.6 Å². The molecule has 3 nitrogen and oxygen atoms in total. The highest BCUT2D eigenvalue weighted by Gasteiger charge is 1.85. The monoisotopic (exact) mass is 146 g/mol. The van der Waals surface area contributed by atoms with Crippen LogP contribution in [-0.4, -0.2) is 19.7 Å². The van der Waals surface area contributed by atoms with Crippen LogP contribution >= 0.6 is 0 Å². The molecule has 0 saturated carbocycles. The summed E-state index contributed by atoms with van der Waals surface area (Å²) in [6.45, 7) is 4.31. The van der Waals surface area contributed by atoms with Crippen LogP contribution in [-0.2, 0) is 4.84 Å². The molecule has 0 spiro atoms. The largest absolute Gasteiger partial charge is 0.328 e. The molecule has 0 amide bonds. The number of nitrogens with one attached hydrogen (secondary N) is 1. The zero-order valence-electron chi connectivity index (χ0n) is 6.73. The first-order chi connectivity index (χ1) is 4.91. The lowest BCUT2D eigenvalue weighted by atomic mass is 10.3. The molecule has 0 aromatic rings. The van der Waals surface area contributed by atoms with E-state index in [1.54, 1.807) is 0 Å². The van der Waals surface area contributed by atoms with Gasteiger partial charge in [0.2, 0.25) is 0 Å². The molecular formula is C7H18N2O. The van der Waals surface area contributed by atoms with Gasteiger partial charge in [-0.3, -0.25) is 0 Å². The lowest BCUT2D eigenvalue weighted by Crippen LogP contribution is -2.20. The second-order valence-electron chi connectivity index (χ2n) is 2.24. The van der Waals surface area contributed by atoms with Crippen molar-refractivity contribution < 1.29 is 4.84 Å². The smallest absolute Gasteiger partial charge is 0.0804 e. The van der Waals surface area contributed by atoms with Gasteiger partial charge in [0.25, 0.3) is 0 Å². The lowest BCUT2D eigenvalue weighted by Gasteiger charge is -2.02. The average molecular weight is 146 g/mol. The SMILES string of the molecule is CCCCCNOCCN.